The van der Waals surface area contributed by atoms with Crippen molar-refractivity contribution in [2.75, 3.05) is 57.0 Å². The monoisotopic (exact) mass is 414 g/mol. The van der Waals surface area contributed by atoms with Gasteiger partial charge in [0.05, 0.1) is 0 Å². The Labute approximate surface area is 172 Å². The Morgan fingerprint density at radius 2 is 0.560 bits per heavy atom. The van der Waals surface area contributed by atoms with E-state index in [9.17, 15) is 0 Å². The second kappa shape index (κ2) is 12.7. The molecule has 0 saturated heterocycles. The molecule has 0 saturated carbocycles. The van der Waals surface area contributed by atoms with E-state index < -0.39 is 0 Å². The van der Waals surface area contributed by atoms with Crippen LogP contribution in [-0.4, -0.2) is 42.3 Å². The molecule has 0 heterocycles. The van der Waals surface area contributed by atoms with Gasteiger partial charge in [-0.2, -0.15) is 36.4 Å². The fourth-order valence-corrected chi connectivity index (χ4v) is 1.99. The van der Waals surface area contributed by atoms with Crippen LogP contribution in [0.3, 0.4) is 0 Å². The zero-order valence-corrected chi connectivity index (χ0v) is 18.7. The van der Waals surface area contributed by atoms with Gasteiger partial charge in [-0.05, 0) is 42.3 Å². The zero-order chi connectivity index (χ0) is 17.9. The molecule has 0 amide bonds. The summed E-state index contributed by atoms with van der Waals surface area (Å²) in [6.07, 6.45) is 0. The summed E-state index contributed by atoms with van der Waals surface area (Å²) in [5.41, 5.74) is 3.81. The largest absolute Gasteiger partial charge is 3.00 e. The summed E-state index contributed by atoms with van der Waals surface area (Å²) in [6, 6.07) is 24.7. The Morgan fingerprint density at radius 3 is 0.640 bits per heavy atom. The quantitative estimate of drug-likeness (QED) is 0.587. The number of hydrogen-bond donors (Lipinski definition) is 0. The predicted molar refractivity (Wildman–Crippen MR) is 109 cm³/mol. The van der Waals surface area contributed by atoms with Crippen LogP contribution in [0, 0.1) is 0 Å². The molecule has 3 aromatic rings. The Bertz CT molecular complexity index is 515. The van der Waals surface area contributed by atoms with Gasteiger partial charge in [-0.1, -0.05) is 17.1 Å². The molecule has 0 aliphatic carbocycles. The Kier molecular flexibility index (Phi) is 11.8. The molecule has 0 bridgehead atoms. The molecule has 3 rings (SSSR count). The first kappa shape index (κ1) is 23.3. The topological polar surface area (TPSA) is 9.72 Å². The Balaban J connectivity index is 0.000000339. The van der Waals surface area contributed by atoms with Gasteiger partial charge in [-0.15, -0.1) is 0 Å². The average molecular weight is 416 g/mol. The van der Waals surface area contributed by atoms with Crippen LogP contribution in [0.5, 0.6) is 0 Å². The van der Waals surface area contributed by atoms with Crippen molar-refractivity contribution < 1.29 is 26.2 Å². The summed E-state index contributed by atoms with van der Waals surface area (Å²) in [5.74, 6) is 0. The number of nitrogens with zero attached hydrogens (tertiary/aromatic N) is 3. The van der Waals surface area contributed by atoms with Crippen molar-refractivity contribution in [2.45, 2.75) is 0 Å². The third-order valence-electron chi connectivity index (χ3n) is 3.48. The first-order valence-corrected chi connectivity index (χ1v) is 8.09. The molecular formula is C21H30N3Zr. The van der Waals surface area contributed by atoms with Crippen LogP contribution in [0.15, 0.2) is 72.8 Å². The van der Waals surface area contributed by atoms with Gasteiger partial charge in [-0.3, -0.25) is 0 Å². The second-order valence-corrected chi connectivity index (χ2v) is 6.11. The molecule has 3 nitrogen and oxygen atoms in total. The van der Waals surface area contributed by atoms with Crippen molar-refractivity contribution in [1.29, 1.82) is 0 Å². The van der Waals surface area contributed by atoms with Gasteiger partial charge in [0.15, 0.2) is 0 Å². The van der Waals surface area contributed by atoms with Gasteiger partial charge in [0, 0.05) is 0 Å². The summed E-state index contributed by atoms with van der Waals surface area (Å²) in [5, 5.41) is 0. The first-order valence-electron chi connectivity index (χ1n) is 8.09. The summed E-state index contributed by atoms with van der Waals surface area (Å²) in [4.78, 5) is 6.25. The van der Waals surface area contributed by atoms with Gasteiger partial charge in [0.1, 0.15) is 0 Å². The SMILES string of the molecule is CN(C)[c-]1cccc1.CN(C)[c-]1cccc1.CN(C)[c-]1cccc1.[Zr+3]. The minimum atomic E-state index is 0. The van der Waals surface area contributed by atoms with E-state index in [1.54, 1.807) is 0 Å². The van der Waals surface area contributed by atoms with Crippen molar-refractivity contribution in [3.05, 3.63) is 72.8 Å². The van der Waals surface area contributed by atoms with Gasteiger partial charge in [0.2, 0.25) is 0 Å². The van der Waals surface area contributed by atoms with Crippen molar-refractivity contribution in [3.63, 3.8) is 0 Å². The van der Waals surface area contributed by atoms with Crippen molar-refractivity contribution >= 4 is 17.1 Å². The third-order valence-corrected chi connectivity index (χ3v) is 3.48. The van der Waals surface area contributed by atoms with Crippen LogP contribution in [0.1, 0.15) is 0 Å². The molecule has 0 aliphatic heterocycles. The maximum absolute atomic E-state index is 2.08. The minimum absolute atomic E-state index is 0. The van der Waals surface area contributed by atoms with E-state index in [4.69, 9.17) is 0 Å². The molecule has 0 aliphatic rings. The van der Waals surface area contributed by atoms with E-state index in [0.717, 1.165) is 0 Å². The molecule has 25 heavy (non-hydrogen) atoms. The van der Waals surface area contributed by atoms with Gasteiger partial charge >= 0.3 is 26.2 Å². The Morgan fingerprint density at radius 1 is 0.400 bits per heavy atom. The molecule has 0 N–H and O–H groups in total. The van der Waals surface area contributed by atoms with Crippen LogP contribution >= 0.6 is 0 Å². The van der Waals surface area contributed by atoms with E-state index in [1.807, 2.05) is 78.7 Å². The van der Waals surface area contributed by atoms with Crippen molar-refractivity contribution in [2.24, 2.45) is 0 Å². The average Bonchev–Trinajstić information content (AvgIpc) is 3.29. The smallest absolute Gasteiger partial charge is 0.429 e. The molecule has 3 aromatic carbocycles. The van der Waals surface area contributed by atoms with E-state index in [-0.39, 0.29) is 26.2 Å². The maximum Gasteiger partial charge on any atom is 3.00 e. The summed E-state index contributed by atoms with van der Waals surface area (Å²) < 4.78 is 0. The fourth-order valence-electron chi connectivity index (χ4n) is 1.99. The maximum atomic E-state index is 2.08. The molecule has 133 valence electrons. The number of anilines is 3. The Hall–Kier alpha value is -1.67. The molecule has 4 heteroatoms. The molecule has 0 atom stereocenters. The number of hydrogen-bond acceptors (Lipinski definition) is 3. The normalized spacial score (nSPS) is 8.88. The predicted octanol–water partition coefficient (Wildman–Crippen LogP) is 4.41. The molecule has 0 spiro atoms. The molecule has 0 unspecified atom stereocenters. The fraction of sp³-hybridized carbons (Fsp3) is 0.286. The summed E-state index contributed by atoms with van der Waals surface area (Å²) >= 11 is 0. The summed E-state index contributed by atoms with van der Waals surface area (Å²) in [7, 11) is 12.2. The molecule has 0 aromatic heterocycles. The van der Waals surface area contributed by atoms with E-state index in [0.29, 0.717) is 0 Å². The van der Waals surface area contributed by atoms with Gasteiger partial charge in [-0.25, -0.2) is 36.4 Å². The van der Waals surface area contributed by atoms with Crippen LogP contribution in [-0.2, 0) is 26.2 Å². The number of rotatable bonds is 3. The standard InChI is InChI=1S/3C7H10N.Zr/c3*1-8(2)7-5-3-4-6-7;/h3*3-6H,1-2H3;/q3*-1;+3. The second-order valence-electron chi connectivity index (χ2n) is 6.11. The van der Waals surface area contributed by atoms with Crippen LogP contribution in [0.25, 0.3) is 0 Å². The minimum Gasteiger partial charge on any atom is -0.429 e. The molecule has 1 radical (unpaired) electrons. The molecule has 0 fully saturated rings. The van der Waals surface area contributed by atoms with Crippen LogP contribution in [0.4, 0.5) is 17.1 Å². The van der Waals surface area contributed by atoms with E-state index in [1.165, 1.54) is 17.1 Å². The summed E-state index contributed by atoms with van der Waals surface area (Å²) in [6.45, 7) is 0. The van der Waals surface area contributed by atoms with E-state index >= 15 is 0 Å². The van der Waals surface area contributed by atoms with Crippen LogP contribution in [0.2, 0.25) is 0 Å². The van der Waals surface area contributed by atoms with Crippen molar-refractivity contribution in [1.82, 2.24) is 0 Å². The molecular weight excluding hydrogens is 385 g/mol. The van der Waals surface area contributed by atoms with Crippen LogP contribution < -0.4 is 14.7 Å². The van der Waals surface area contributed by atoms with Gasteiger partial charge < -0.3 is 14.7 Å². The van der Waals surface area contributed by atoms with Gasteiger partial charge in [0.25, 0.3) is 0 Å². The third kappa shape index (κ3) is 9.40. The van der Waals surface area contributed by atoms with E-state index in [2.05, 4.69) is 51.1 Å². The zero-order valence-electron chi connectivity index (χ0n) is 16.3. The van der Waals surface area contributed by atoms with Crippen molar-refractivity contribution in [3.8, 4) is 0 Å². The first-order chi connectivity index (χ1) is 11.4.